The van der Waals surface area contributed by atoms with E-state index in [2.05, 4.69) is 34.1 Å². The molecule has 1 heterocycles. The molecule has 0 radical (unpaired) electrons. The van der Waals surface area contributed by atoms with Crippen LogP contribution in [0.15, 0.2) is 94.3 Å². The number of amides is 2. The summed E-state index contributed by atoms with van der Waals surface area (Å²) in [6.45, 7) is 0.313. The van der Waals surface area contributed by atoms with Crippen LogP contribution in [-0.4, -0.2) is 16.0 Å². The summed E-state index contributed by atoms with van der Waals surface area (Å²) in [4.78, 5) is 26.6. The molecule has 0 unspecified atom stereocenters. The Morgan fingerprint density at radius 2 is 1.66 bits per heavy atom. The van der Waals surface area contributed by atoms with Crippen molar-refractivity contribution in [1.82, 2.24) is 4.90 Å². The fourth-order valence-corrected chi connectivity index (χ4v) is 5.23. The van der Waals surface area contributed by atoms with Crippen LogP contribution in [0.1, 0.15) is 16.7 Å². The van der Waals surface area contributed by atoms with Gasteiger partial charge in [0.25, 0.3) is 11.1 Å². The van der Waals surface area contributed by atoms with Gasteiger partial charge in [0.15, 0.2) is 0 Å². The van der Waals surface area contributed by atoms with E-state index in [-0.39, 0.29) is 6.54 Å². The number of hydrogen-bond donors (Lipinski definition) is 0. The molecule has 0 N–H and O–H groups in total. The lowest BCUT2D eigenvalue weighted by molar-refractivity contribution is -0.123. The number of ether oxygens (including phenoxy) is 1. The Bertz CT molecular complexity index is 1480. The second-order valence-corrected chi connectivity index (χ2v) is 9.82. The normalized spacial score (nSPS) is 14.8. The van der Waals surface area contributed by atoms with E-state index in [1.807, 2.05) is 42.5 Å². The van der Waals surface area contributed by atoms with E-state index < -0.39 is 17.0 Å². The first-order chi connectivity index (χ1) is 17.0. The average molecular weight is 548 g/mol. The lowest BCUT2D eigenvalue weighted by atomic mass is 10.1. The number of nitrogens with zero attached hydrogens (tertiary/aromatic N) is 1. The van der Waals surface area contributed by atoms with Crippen LogP contribution < -0.4 is 4.74 Å². The van der Waals surface area contributed by atoms with Crippen LogP contribution in [0.3, 0.4) is 0 Å². The summed E-state index contributed by atoms with van der Waals surface area (Å²) in [5.74, 6) is -0.211. The topological polar surface area (TPSA) is 46.6 Å². The van der Waals surface area contributed by atoms with Gasteiger partial charge in [-0.3, -0.25) is 14.5 Å². The van der Waals surface area contributed by atoms with Crippen molar-refractivity contribution in [3.8, 4) is 5.75 Å². The van der Waals surface area contributed by atoms with Crippen molar-refractivity contribution in [2.24, 2.45) is 0 Å². The van der Waals surface area contributed by atoms with E-state index in [4.69, 9.17) is 4.74 Å². The maximum atomic E-state index is 14.0. The number of imide groups is 1. The molecule has 7 heteroatoms. The summed E-state index contributed by atoms with van der Waals surface area (Å²) in [7, 11) is 0. The number of carbonyl (C=O) groups excluding carboxylic acids is 2. The van der Waals surface area contributed by atoms with E-state index in [9.17, 15) is 14.0 Å². The predicted octanol–water partition coefficient (Wildman–Crippen LogP) is 7.56. The summed E-state index contributed by atoms with van der Waals surface area (Å²) in [6, 6.07) is 25.9. The van der Waals surface area contributed by atoms with Gasteiger partial charge in [0.1, 0.15) is 18.2 Å². The van der Waals surface area contributed by atoms with Gasteiger partial charge in [0, 0.05) is 5.56 Å². The van der Waals surface area contributed by atoms with Crippen LogP contribution >= 0.6 is 27.7 Å². The third-order valence-electron chi connectivity index (χ3n) is 5.68. The van der Waals surface area contributed by atoms with E-state index in [0.717, 1.165) is 43.0 Å². The Balaban J connectivity index is 1.30. The Labute approximate surface area is 214 Å². The van der Waals surface area contributed by atoms with E-state index in [1.165, 1.54) is 6.07 Å². The first kappa shape index (κ1) is 23.3. The number of fused-ring (bicyclic) bond motifs is 1. The summed E-state index contributed by atoms with van der Waals surface area (Å²) in [5, 5.41) is 1.89. The van der Waals surface area contributed by atoms with Crippen LogP contribution in [-0.2, 0) is 17.9 Å². The molecule has 4 aromatic rings. The zero-order chi connectivity index (χ0) is 24.4. The zero-order valence-electron chi connectivity index (χ0n) is 18.4. The van der Waals surface area contributed by atoms with Gasteiger partial charge in [0.05, 0.1) is 15.9 Å². The molecule has 35 heavy (non-hydrogen) atoms. The Kier molecular flexibility index (Phi) is 6.70. The van der Waals surface area contributed by atoms with E-state index in [0.29, 0.717) is 22.8 Å². The third kappa shape index (κ3) is 5.01. The molecule has 1 aliphatic heterocycles. The number of carbonyl (C=O) groups is 2. The molecule has 0 spiro atoms. The Morgan fingerprint density at radius 3 is 2.49 bits per heavy atom. The van der Waals surface area contributed by atoms with Gasteiger partial charge in [-0.15, -0.1) is 0 Å². The summed E-state index contributed by atoms with van der Waals surface area (Å²) >= 11 is 4.40. The lowest BCUT2D eigenvalue weighted by Crippen LogP contribution is -2.27. The predicted molar refractivity (Wildman–Crippen MR) is 140 cm³/mol. The highest BCUT2D eigenvalue weighted by atomic mass is 79.9. The van der Waals surface area contributed by atoms with Crippen molar-refractivity contribution in [2.75, 3.05) is 0 Å². The average Bonchev–Trinajstić information content (AvgIpc) is 3.12. The highest BCUT2D eigenvalue weighted by Crippen LogP contribution is 2.35. The highest BCUT2D eigenvalue weighted by Gasteiger charge is 2.35. The Hall–Kier alpha value is -3.42. The first-order valence-corrected chi connectivity index (χ1v) is 12.5. The minimum Gasteiger partial charge on any atom is -0.488 e. The molecule has 5 rings (SSSR count). The molecule has 1 saturated heterocycles. The Morgan fingerprint density at radius 1 is 0.914 bits per heavy atom. The minimum absolute atomic E-state index is 0.0979. The number of halogens is 2. The van der Waals surface area contributed by atoms with Crippen molar-refractivity contribution < 1.29 is 18.7 Å². The fourth-order valence-electron chi connectivity index (χ4n) is 3.88. The van der Waals surface area contributed by atoms with Crippen LogP contribution in [0.5, 0.6) is 5.75 Å². The standard InChI is InChI=1S/C28H19BrFNO3S/c29-23-14-18(12-13-25(23)34-17-21-9-5-8-19-6-1-3-10-22(19)21)15-26-27(32)31(28(33)35-26)16-20-7-2-4-11-24(20)30/h1-15H,16-17H2/b26-15-. The molecule has 0 saturated carbocycles. The SMILES string of the molecule is O=C1S/C(=C\c2ccc(OCc3cccc4ccccc34)c(Br)c2)C(=O)N1Cc1ccccc1F. The van der Waals surface area contributed by atoms with Gasteiger partial charge in [-0.25, -0.2) is 4.39 Å². The fraction of sp³-hybridized carbons (Fsp3) is 0.0714. The van der Waals surface area contributed by atoms with Crippen molar-refractivity contribution in [3.05, 3.63) is 117 Å². The molecular weight excluding hydrogens is 529 g/mol. The molecular formula is C28H19BrFNO3S. The molecule has 2 amide bonds. The van der Waals surface area contributed by atoms with Crippen molar-refractivity contribution in [3.63, 3.8) is 0 Å². The van der Waals surface area contributed by atoms with E-state index in [1.54, 1.807) is 24.3 Å². The summed E-state index contributed by atoms with van der Waals surface area (Å²) in [5.41, 5.74) is 2.12. The van der Waals surface area contributed by atoms with Gasteiger partial charge in [-0.1, -0.05) is 66.7 Å². The molecule has 0 aliphatic carbocycles. The van der Waals surface area contributed by atoms with Gasteiger partial charge in [-0.2, -0.15) is 0 Å². The summed E-state index contributed by atoms with van der Waals surface area (Å²) < 4.78 is 20.8. The quantitative estimate of drug-likeness (QED) is 0.234. The molecule has 0 atom stereocenters. The summed E-state index contributed by atoms with van der Waals surface area (Å²) in [6.07, 6.45) is 1.66. The number of hydrogen-bond acceptors (Lipinski definition) is 4. The van der Waals surface area contributed by atoms with Gasteiger partial charge >= 0.3 is 0 Å². The maximum absolute atomic E-state index is 14.0. The molecule has 0 aromatic heterocycles. The maximum Gasteiger partial charge on any atom is 0.293 e. The molecule has 1 aliphatic rings. The zero-order valence-corrected chi connectivity index (χ0v) is 20.8. The largest absolute Gasteiger partial charge is 0.488 e. The number of rotatable bonds is 6. The van der Waals surface area contributed by atoms with Gasteiger partial charge in [0.2, 0.25) is 0 Å². The molecule has 174 valence electrons. The third-order valence-corrected chi connectivity index (χ3v) is 7.20. The second kappa shape index (κ2) is 10.1. The van der Waals surface area contributed by atoms with Crippen LogP contribution in [0, 0.1) is 5.82 Å². The van der Waals surface area contributed by atoms with Crippen molar-refractivity contribution in [1.29, 1.82) is 0 Å². The minimum atomic E-state index is -0.446. The van der Waals surface area contributed by atoms with Gasteiger partial charge < -0.3 is 4.74 Å². The smallest absolute Gasteiger partial charge is 0.293 e. The molecule has 0 bridgehead atoms. The highest BCUT2D eigenvalue weighted by molar-refractivity contribution is 9.10. The first-order valence-electron chi connectivity index (χ1n) is 10.9. The van der Waals surface area contributed by atoms with Crippen LogP contribution in [0.2, 0.25) is 0 Å². The monoisotopic (exact) mass is 547 g/mol. The molecule has 1 fully saturated rings. The van der Waals surface area contributed by atoms with Crippen molar-refractivity contribution >= 4 is 55.7 Å². The van der Waals surface area contributed by atoms with Gasteiger partial charge in [-0.05, 0) is 73.9 Å². The van der Waals surface area contributed by atoms with Crippen LogP contribution in [0.25, 0.3) is 16.8 Å². The number of benzene rings is 4. The van der Waals surface area contributed by atoms with Crippen LogP contribution in [0.4, 0.5) is 9.18 Å². The lowest BCUT2D eigenvalue weighted by Gasteiger charge is -2.13. The second-order valence-electron chi connectivity index (χ2n) is 7.98. The van der Waals surface area contributed by atoms with Crippen molar-refractivity contribution in [2.45, 2.75) is 13.2 Å². The van der Waals surface area contributed by atoms with E-state index >= 15 is 0 Å². The number of thioether (sulfide) groups is 1. The molecule has 4 aromatic carbocycles. The molecule has 4 nitrogen and oxygen atoms in total.